The van der Waals surface area contributed by atoms with Crippen LogP contribution in [-0.2, 0) is 9.53 Å². The molecular formula is C13H26N2O2. The first-order valence-corrected chi connectivity index (χ1v) is 6.54. The molecule has 2 fully saturated rings. The lowest BCUT2D eigenvalue weighted by atomic mass is 9.62. The van der Waals surface area contributed by atoms with E-state index < -0.39 is 0 Å². The predicted octanol–water partition coefficient (Wildman–Crippen LogP) is 1.61. The van der Waals surface area contributed by atoms with Gasteiger partial charge >= 0.3 is 0 Å². The van der Waals surface area contributed by atoms with Crippen LogP contribution in [0.25, 0.3) is 0 Å². The number of ether oxygens (including phenoxy) is 1. The van der Waals surface area contributed by atoms with Gasteiger partial charge in [-0.25, -0.2) is 0 Å². The Bertz CT molecular complexity index is 267. The Balaban J connectivity index is 0.000000686. The number of amides is 1. The van der Waals surface area contributed by atoms with Gasteiger partial charge in [0.2, 0.25) is 5.91 Å². The van der Waals surface area contributed by atoms with Gasteiger partial charge in [-0.2, -0.15) is 0 Å². The van der Waals surface area contributed by atoms with E-state index in [1.807, 2.05) is 25.8 Å². The highest BCUT2D eigenvalue weighted by atomic mass is 16.5. The van der Waals surface area contributed by atoms with Crippen molar-refractivity contribution in [3.63, 3.8) is 0 Å². The fourth-order valence-corrected chi connectivity index (χ4v) is 3.08. The van der Waals surface area contributed by atoms with Crippen molar-refractivity contribution >= 4 is 5.91 Å². The van der Waals surface area contributed by atoms with Gasteiger partial charge in [-0.05, 0) is 31.7 Å². The first-order chi connectivity index (χ1) is 8.05. The lowest BCUT2D eigenvalue weighted by Crippen LogP contribution is -2.61. The summed E-state index contributed by atoms with van der Waals surface area (Å²) in [6.45, 7) is 7.48. The van der Waals surface area contributed by atoms with Crippen LogP contribution in [0.2, 0.25) is 0 Å². The van der Waals surface area contributed by atoms with E-state index in [9.17, 15) is 4.79 Å². The van der Waals surface area contributed by atoms with Crippen LogP contribution in [-0.4, -0.2) is 43.8 Å². The van der Waals surface area contributed by atoms with Crippen molar-refractivity contribution in [2.75, 3.05) is 27.2 Å². The number of methoxy groups -OCH3 is 1. The molecule has 100 valence electrons. The third kappa shape index (κ3) is 2.63. The molecule has 0 unspecified atom stereocenters. The topological polar surface area (TPSA) is 41.6 Å². The van der Waals surface area contributed by atoms with Crippen molar-refractivity contribution in [2.45, 2.75) is 45.8 Å². The fourth-order valence-electron chi connectivity index (χ4n) is 3.08. The monoisotopic (exact) mass is 242 g/mol. The molecule has 0 aromatic carbocycles. The van der Waals surface area contributed by atoms with Crippen molar-refractivity contribution in [1.29, 1.82) is 0 Å². The number of hydrogen-bond acceptors (Lipinski definition) is 3. The van der Waals surface area contributed by atoms with E-state index in [0.29, 0.717) is 5.41 Å². The molecule has 1 spiro atoms. The molecule has 1 aliphatic heterocycles. The zero-order valence-electron chi connectivity index (χ0n) is 11.8. The molecule has 0 atom stereocenters. The van der Waals surface area contributed by atoms with Crippen molar-refractivity contribution in [3.8, 4) is 0 Å². The lowest BCUT2D eigenvalue weighted by Gasteiger charge is -2.53. The van der Waals surface area contributed by atoms with Gasteiger partial charge in [-0.1, -0.05) is 13.8 Å². The second kappa shape index (κ2) is 5.36. The van der Waals surface area contributed by atoms with E-state index in [4.69, 9.17) is 4.74 Å². The summed E-state index contributed by atoms with van der Waals surface area (Å²) in [6, 6.07) is 0. The lowest BCUT2D eigenvalue weighted by molar-refractivity contribution is -0.165. The Hall–Kier alpha value is -0.610. The van der Waals surface area contributed by atoms with Crippen LogP contribution in [0.5, 0.6) is 0 Å². The van der Waals surface area contributed by atoms with Crippen LogP contribution in [0.15, 0.2) is 0 Å². The molecule has 0 aromatic heterocycles. The van der Waals surface area contributed by atoms with E-state index in [1.165, 1.54) is 0 Å². The maximum Gasteiger partial charge on any atom is 0.219 e. The number of hydrogen-bond donors (Lipinski definition) is 1. The molecular weight excluding hydrogens is 216 g/mol. The van der Waals surface area contributed by atoms with Crippen LogP contribution in [0.4, 0.5) is 0 Å². The highest BCUT2D eigenvalue weighted by Crippen LogP contribution is 2.53. The summed E-state index contributed by atoms with van der Waals surface area (Å²) in [4.78, 5) is 13.2. The average Bonchev–Trinajstić information content (AvgIpc) is 2.74. The molecule has 1 N–H and O–H groups in total. The Morgan fingerprint density at radius 1 is 1.35 bits per heavy atom. The van der Waals surface area contributed by atoms with Gasteiger partial charge in [0.05, 0.1) is 0 Å². The van der Waals surface area contributed by atoms with Gasteiger partial charge in [0, 0.05) is 27.1 Å². The Morgan fingerprint density at radius 3 is 2.29 bits per heavy atom. The second-order valence-electron chi connectivity index (χ2n) is 4.99. The molecule has 0 radical (unpaired) electrons. The Kier molecular flexibility index (Phi) is 4.55. The van der Waals surface area contributed by atoms with Crippen LogP contribution in [0.3, 0.4) is 0 Å². The van der Waals surface area contributed by atoms with Crippen molar-refractivity contribution in [1.82, 2.24) is 10.2 Å². The SMILES string of the molecule is CC.CNC1(OC)CC2(CCN(C(C)=O)C2)C1. The minimum Gasteiger partial charge on any atom is -0.364 e. The van der Waals surface area contributed by atoms with Crippen molar-refractivity contribution in [3.05, 3.63) is 0 Å². The van der Waals surface area contributed by atoms with Gasteiger partial charge < -0.3 is 9.64 Å². The molecule has 2 rings (SSSR count). The minimum atomic E-state index is -0.132. The molecule has 0 aromatic rings. The minimum absolute atomic E-state index is 0.132. The summed E-state index contributed by atoms with van der Waals surface area (Å²) >= 11 is 0. The molecule has 4 heteroatoms. The molecule has 1 saturated heterocycles. The number of nitrogens with zero attached hydrogens (tertiary/aromatic N) is 1. The summed E-state index contributed by atoms with van der Waals surface area (Å²) < 4.78 is 5.49. The van der Waals surface area contributed by atoms with Gasteiger partial charge in [-0.15, -0.1) is 0 Å². The predicted molar refractivity (Wildman–Crippen MR) is 68.7 cm³/mol. The smallest absolute Gasteiger partial charge is 0.219 e. The molecule has 17 heavy (non-hydrogen) atoms. The third-order valence-electron chi connectivity index (χ3n) is 4.05. The maximum absolute atomic E-state index is 11.3. The van der Waals surface area contributed by atoms with E-state index in [-0.39, 0.29) is 11.6 Å². The van der Waals surface area contributed by atoms with Gasteiger partial charge in [0.1, 0.15) is 5.72 Å². The fraction of sp³-hybridized carbons (Fsp3) is 0.923. The molecule has 2 aliphatic rings. The first kappa shape index (κ1) is 14.5. The standard InChI is InChI=1S/C11H20N2O2.C2H6/c1-9(14)13-5-4-10(8-13)6-11(7-10,12-2)15-3;1-2/h12H,4-8H2,1-3H3;1-2H3. The first-order valence-electron chi connectivity index (χ1n) is 6.54. The average molecular weight is 242 g/mol. The van der Waals surface area contributed by atoms with E-state index >= 15 is 0 Å². The summed E-state index contributed by atoms with van der Waals surface area (Å²) in [7, 11) is 3.69. The van der Waals surface area contributed by atoms with Crippen LogP contribution >= 0.6 is 0 Å². The largest absolute Gasteiger partial charge is 0.364 e. The molecule has 1 saturated carbocycles. The summed E-state index contributed by atoms with van der Waals surface area (Å²) in [5.74, 6) is 0.200. The summed E-state index contributed by atoms with van der Waals surface area (Å²) in [5, 5.41) is 3.23. The number of likely N-dealkylation sites (tertiary alicyclic amines) is 1. The van der Waals surface area contributed by atoms with Gasteiger partial charge in [0.25, 0.3) is 0 Å². The van der Waals surface area contributed by atoms with Crippen molar-refractivity contribution in [2.24, 2.45) is 5.41 Å². The molecule has 1 heterocycles. The maximum atomic E-state index is 11.3. The zero-order valence-corrected chi connectivity index (χ0v) is 11.8. The van der Waals surface area contributed by atoms with E-state index in [0.717, 1.165) is 32.4 Å². The molecule has 1 aliphatic carbocycles. The van der Waals surface area contributed by atoms with Gasteiger partial charge in [0.15, 0.2) is 0 Å². The van der Waals surface area contributed by atoms with Crippen molar-refractivity contribution < 1.29 is 9.53 Å². The highest BCUT2D eigenvalue weighted by Gasteiger charge is 2.57. The number of carbonyl (C=O) groups excluding carboxylic acids is 1. The summed E-state index contributed by atoms with van der Waals surface area (Å²) in [6.07, 6.45) is 3.17. The Morgan fingerprint density at radius 2 is 1.94 bits per heavy atom. The highest BCUT2D eigenvalue weighted by molar-refractivity contribution is 5.73. The Labute approximate surface area is 105 Å². The van der Waals surface area contributed by atoms with Crippen LogP contribution in [0, 0.1) is 5.41 Å². The normalized spacial score (nSPS) is 35.2. The van der Waals surface area contributed by atoms with Gasteiger partial charge in [-0.3, -0.25) is 10.1 Å². The molecule has 4 nitrogen and oxygen atoms in total. The van der Waals surface area contributed by atoms with Crippen LogP contribution in [0.1, 0.15) is 40.0 Å². The second-order valence-corrected chi connectivity index (χ2v) is 4.99. The van der Waals surface area contributed by atoms with E-state index in [1.54, 1.807) is 14.0 Å². The van der Waals surface area contributed by atoms with Crippen LogP contribution < -0.4 is 5.32 Å². The number of nitrogens with one attached hydrogen (secondary N) is 1. The molecule has 0 bridgehead atoms. The van der Waals surface area contributed by atoms with E-state index in [2.05, 4.69) is 5.32 Å². The number of carbonyl (C=O) groups is 1. The quantitative estimate of drug-likeness (QED) is 0.748. The molecule has 1 amide bonds. The number of rotatable bonds is 2. The summed E-state index contributed by atoms with van der Waals surface area (Å²) in [5.41, 5.74) is 0.192. The zero-order chi connectivity index (χ0) is 13.1. The third-order valence-corrected chi connectivity index (χ3v) is 4.05.